The third kappa shape index (κ3) is 2.64. The van der Waals surface area contributed by atoms with E-state index in [0.29, 0.717) is 12.0 Å². The Morgan fingerprint density at radius 2 is 1.62 bits per heavy atom. The Kier molecular flexibility index (Phi) is 3.65. The maximum Gasteiger partial charge on any atom is 0.192 e. The summed E-state index contributed by atoms with van der Waals surface area (Å²) in [6, 6.07) is 19.8. The fourth-order valence-corrected chi connectivity index (χ4v) is 2.93. The number of guanidine groups is 1. The third-order valence-corrected chi connectivity index (χ3v) is 3.99. The summed E-state index contributed by atoms with van der Waals surface area (Å²) >= 11 is 0. The van der Waals surface area contributed by atoms with E-state index >= 15 is 0 Å². The molecule has 2 N–H and O–H groups in total. The highest BCUT2D eigenvalue weighted by molar-refractivity contribution is 5.80. The van der Waals surface area contributed by atoms with Gasteiger partial charge in [0.15, 0.2) is 5.96 Å². The topological polar surface area (TPSA) is 41.6 Å². The predicted octanol–water partition coefficient (Wildman–Crippen LogP) is 3.43. The summed E-state index contributed by atoms with van der Waals surface area (Å²) in [4.78, 5) is 6.59. The highest BCUT2D eigenvalue weighted by Gasteiger charge is 2.29. The third-order valence-electron chi connectivity index (χ3n) is 3.99. The number of nitrogens with zero attached hydrogens (tertiary/aromatic N) is 2. The molecule has 1 aliphatic heterocycles. The number of hydrogen-bond donors (Lipinski definition) is 1. The van der Waals surface area contributed by atoms with Crippen LogP contribution in [0.5, 0.6) is 0 Å². The molecule has 3 heteroatoms. The molecule has 0 saturated heterocycles. The molecule has 1 unspecified atom stereocenters. The van der Waals surface area contributed by atoms with Crippen LogP contribution in [0.1, 0.15) is 25.5 Å². The lowest BCUT2D eigenvalue weighted by Gasteiger charge is -2.30. The molecule has 2 aromatic rings. The second kappa shape index (κ2) is 5.60. The summed E-state index contributed by atoms with van der Waals surface area (Å²) in [5, 5.41) is 0. The Morgan fingerprint density at radius 3 is 2.24 bits per heavy atom. The van der Waals surface area contributed by atoms with Crippen LogP contribution in [0.15, 0.2) is 59.6 Å². The van der Waals surface area contributed by atoms with Crippen molar-refractivity contribution in [3.63, 3.8) is 0 Å². The zero-order valence-electron chi connectivity index (χ0n) is 12.5. The number of nitrogens with two attached hydrogens (primary N) is 1. The van der Waals surface area contributed by atoms with Gasteiger partial charge in [-0.2, -0.15) is 0 Å². The summed E-state index contributed by atoms with van der Waals surface area (Å²) in [5.74, 6) is 0.655. The quantitative estimate of drug-likeness (QED) is 0.935. The molecule has 0 saturated carbocycles. The van der Waals surface area contributed by atoms with E-state index in [-0.39, 0.29) is 6.04 Å². The SMILES string of the molecule is CC(C)N1C(N)=NCC1c1ccc(-c2ccccc2)cc1. The fourth-order valence-electron chi connectivity index (χ4n) is 2.93. The highest BCUT2D eigenvalue weighted by Crippen LogP contribution is 2.29. The summed E-state index contributed by atoms with van der Waals surface area (Å²) in [6.45, 7) is 5.05. The lowest BCUT2D eigenvalue weighted by Crippen LogP contribution is -2.40. The molecule has 0 bridgehead atoms. The minimum Gasteiger partial charge on any atom is -0.370 e. The van der Waals surface area contributed by atoms with Crippen molar-refractivity contribution >= 4 is 5.96 Å². The molecule has 1 heterocycles. The van der Waals surface area contributed by atoms with Crippen LogP contribution in [0.3, 0.4) is 0 Å². The van der Waals surface area contributed by atoms with Crippen molar-refractivity contribution < 1.29 is 0 Å². The smallest absolute Gasteiger partial charge is 0.192 e. The van der Waals surface area contributed by atoms with Crippen LogP contribution in [0.25, 0.3) is 11.1 Å². The Morgan fingerprint density at radius 1 is 1.00 bits per heavy atom. The van der Waals surface area contributed by atoms with Gasteiger partial charge in [0.2, 0.25) is 0 Å². The molecule has 0 aliphatic carbocycles. The van der Waals surface area contributed by atoms with E-state index in [2.05, 4.69) is 72.3 Å². The molecule has 1 atom stereocenters. The molecule has 0 spiro atoms. The summed E-state index contributed by atoms with van der Waals surface area (Å²) in [5.41, 5.74) is 9.76. The van der Waals surface area contributed by atoms with Crippen LogP contribution >= 0.6 is 0 Å². The number of aliphatic imine (C=N–C) groups is 1. The maximum atomic E-state index is 6.00. The van der Waals surface area contributed by atoms with E-state index in [1.807, 2.05) is 6.07 Å². The number of hydrogen-bond acceptors (Lipinski definition) is 3. The Labute approximate surface area is 126 Å². The molecule has 0 amide bonds. The van der Waals surface area contributed by atoms with Crippen molar-refractivity contribution in [2.75, 3.05) is 6.54 Å². The molecular weight excluding hydrogens is 258 g/mol. The molecule has 1 aliphatic rings. The van der Waals surface area contributed by atoms with Crippen molar-refractivity contribution in [1.29, 1.82) is 0 Å². The molecule has 0 aromatic heterocycles. The van der Waals surface area contributed by atoms with Crippen LogP contribution in [0, 0.1) is 0 Å². The van der Waals surface area contributed by atoms with Gasteiger partial charge in [-0.05, 0) is 30.5 Å². The Bertz CT molecular complexity index is 629. The van der Waals surface area contributed by atoms with Crippen molar-refractivity contribution in [3.8, 4) is 11.1 Å². The molecule has 21 heavy (non-hydrogen) atoms. The average Bonchev–Trinajstić information content (AvgIpc) is 2.90. The average molecular weight is 279 g/mol. The standard InChI is InChI=1S/C18H21N3/c1-13(2)21-17(12-20-18(21)19)16-10-8-15(9-11-16)14-6-4-3-5-7-14/h3-11,13,17H,12H2,1-2H3,(H2,19,20). The lowest BCUT2D eigenvalue weighted by molar-refractivity contribution is 0.290. The summed E-state index contributed by atoms with van der Waals surface area (Å²) in [7, 11) is 0. The van der Waals surface area contributed by atoms with E-state index in [4.69, 9.17) is 5.73 Å². The molecule has 2 aromatic carbocycles. The monoisotopic (exact) mass is 279 g/mol. The van der Waals surface area contributed by atoms with Crippen LogP contribution in [0.2, 0.25) is 0 Å². The Balaban J connectivity index is 1.85. The second-order valence-electron chi connectivity index (χ2n) is 5.70. The first-order valence-corrected chi connectivity index (χ1v) is 7.40. The second-order valence-corrected chi connectivity index (χ2v) is 5.70. The van der Waals surface area contributed by atoms with Crippen LogP contribution < -0.4 is 5.73 Å². The molecule has 108 valence electrons. The van der Waals surface area contributed by atoms with Gasteiger partial charge in [-0.3, -0.25) is 4.99 Å². The molecule has 3 nitrogen and oxygen atoms in total. The van der Waals surface area contributed by atoms with Gasteiger partial charge in [-0.15, -0.1) is 0 Å². The molecule has 0 fully saturated rings. The zero-order valence-corrected chi connectivity index (χ0v) is 12.5. The van der Waals surface area contributed by atoms with Gasteiger partial charge in [0.25, 0.3) is 0 Å². The summed E-state index contributed by atoms with van der Waals surface area (Å²) in [6.07, 6.45) is 0. The minimum atomic E-state index is 0.259. The van der Waals surface area contributed by atoms with E-state index in [1.165, 1.54) is 16.7 Å². The number of benzene rings is 2. The zero-order chi connectivity index (χ0) is 14.8. The van der Waals surface area contributed by atoms with Gasteiger partial charge in [-0.25, -0.2) is 0 Å². The minimum absolute atomic E-state index is 0.259. The van der Waals surface area contributed by atoms with Crippen molar-refractivity contribution in [2.45, 2.75) is 25.9 Å². The normalized spacial score (nSPS) is 18.1. The van der Waals surface area contributed by atoms with Gasteiger partial charge >= 0.3 is 0 Å². The molecule has 0 radical (unpaired) electrons. The maximum absolute atomic E-state index is 6.00. The van der Waals surface area contributed by atoms with Crippen LogP contribution in [-0.4, -0.2) is 23.4 Å². The summed E-state index contributed by atoms with van der Waals surface area (Å²) < 4.78 is 0. The van der Waals surface area contributed by atoms with E-state index in [9.17, 15) is 0 Å². The number of rotatable bonds is 3. The van der Waals surface area contributed by atoms with Crippen LogP contribution in [0.4, 0.5) is 0 Å². The first kappa shape index (κ1) is 13.7. The van der Waals surface area contributed by atoms with Gasteiger partial charge < -0.3 is 10.6 Å². The van der Waals surface area contributed by atoms with Crippen molar-refractivity contribution in [2.24, 2.45) is 10.7 Å². The fraction of sp³-hybridized carbons (Fsp3) is 0.278. The van der Waals surface area contributed by atoms with Gasteiger partial charge in [0.1, 0.15) is 0 Å². The first-order valence-electron chi connectivity index (χ1n) is 7.40. The first-order chi connectivity index (χ1) is 10.2. The van der Waals surface area contributed by atoms with Gasteiger partial charge in [0.05, 0.1) is 12.6 Å². The van der Waals surface area contributed by atoms with Gasteiger partial charge in [0, 0.05) is 6.04 Å². The van der Waals surface area contributed by atoms with Crippen molar-refractivity contribution in [3.05, 3.63) is 60.2 Å². The highest BCUT2D eigenvalue weighted by atomic mass is 15.3. The van der Waals surface area contributed by atoms with E-state index in [1.54, 1.807) is 0 Å². The Hall–Kier alpha value is -2.29. The van der Waals surface area contributed by atoms with E-state index in [0.717, 1.165) is 6.54 Å². The lowest BCUT2D eigenvalue weighted by atomic mass is 10.00. The van der Waals surface area contributed by atoms with Crippen LogP contribution in [-0.2, 0) is 0 Å². The largest absolute Gasteiger partial charge is 0.370 e. The van der Waals surface area contributed by atoms with E-state index < -0.39 is 0 Å². The van der Waals surface area contributed by atoms with Gasteiger partial charge in [-0.1, -0.05) is 54.6 Å². The predicted molar refractivity (Wildman–Crippen MR) is 88.1 cm³/mol. The molecular formula is C18H21N3. The van der Waals surface area contributed by atoms with Crippen molar-refractivity contribution in [1.82, 2.24) is 4.90 Å². The molecule has 3 rings (SSSR count).